The topological polar surface area (TPSA) is 35.6 Å². The van der Waals surface area contributed by atoms with E-state index in [9.17, 15) is 9.18 Å². The van der Waals surface area contributed by atoms with Gasteiger partial charge in [0, 0.05) is 31.9 Å². The fraction of sp³-hybridized carbons (Fsp3) is 0.533. The molecule has 4 nitrogen and oxygen atoms in total. The Labute approximate surface area is 119 Å². The second kappa shape index (κ2) is 5.79. The molecule has 1 atom stereocenters. The van der Waals surface area contributed by atoms with Gasteiger partial charge in [-0.3, -0.25) is 4.79 Å². The van der Waals surface area contributed by atoms with Gasteiger partial charge in [-0.2, -0.15) is 0 Å². The number of carbonyl (C=O) groups excluding carboxylic acids is 1. The predicted molar refractivity (Wildman–Crippen MR) is 78.5 cm³/mol. The van der Waals surface area contributed by atoms with E-state index >= 15 is 0 Å². The molecule has 0 aliphatic carbocycles. The highest BCUT2D eigenvalue weighted by Gasteiger charge is 2.24. The molecule has 1 fully saturated rings. The van der Waals surface area contributed by atoms with Gasteiger partial charge in [-0.05, 0) is 44.2 Å². The molecule has 5 heteroatoms. The molecule has 2 rings (SSSR count). The number of benzene rings is 1. The van der Waals surface area contributed by atoms with E-state index in [0.29, 0.717) is 18.7 Å². The Morgan fingerprint density at radius 1 is 1.35 bits per heavy atom. The SMILES string of the molecule is CNC(C)c1cc(F)c(C)cc1N1CCN(C)C(=O)C1. The van der Waals surface area contributed by atoms with Crippen LogP contribution >= 0.6 is 0 Å². The van der Waals surface area contributed by atoms with Gasteiger partial charge in [0.1, 0.15) is 5.82 Å². The molecule has 1 aliphatic rings. The van der Waals surface area contributed by atoms with E-state index in [0.717, 1.165) is 17.8 Å². The molecule has 1 amide bonds. The van der Waals surface area contributed by atoms with E-state index in [2.05, 4.69) is 5.32 Å². The maximum Gasteiger partial charge on any atom is 0.241 e. The van der Waals surface area contributed by atoms with Crippen LogP contribution in [0.25, 0.3) is 0 Å². The van der Waals surface area contributed by atoms with Gasteiger partial charge in [-0.15, -0.1) is 0 Å². The van der Waals surface area contributed by atoms with Crippen molar-refractivity contribution in [2.24, 2.45) is 0 Å². The van der Waals surface area contributed by atoms with E-state index in [1.54, 1.807) is 17.9 Å². The molecule has 1 heterocycles. The number of hydrogen-bond donors (Lipinski definition) is 1. The molecule has 0 saturated carbocycles. The lowest BCUT2D eigenvalue weighted by Gasteiger charge is -2.35. The number of hydrogen-bond acceptors (Lipinski definition) is 3. The summed E-state index contributed by atoms with van der Waals surface area (Å²) < 4.78 is 13.8. The zero-order chi connectivity index (χ0) is 14.9. The Bertz CT molecular complexity index is 518. The summed E-state index contributed by atoms with van der Waals surface area (Å²) in [5, 5.41) is 3.14. The van der Waals surface area contributed by atoms with Gasteiger partial charge in [0.25, 0.3) is 0 Å². The first kappa shape index (κ1) is 14.8. The lowest BCUT2D eigenvalue weighted by atomic mass is 10.0. The summed E-state index contributed by atoms with van der Waals surface area (Å²) in [5.74, 6) is -0.104. The zero-order valence-electron chi connectivity index (χ0n) is 12.5. The number of piperazine rings is 1. The average Bonchev–Trinajstić information content (AvgIpc) is 2.43. The van der Waals surface area contributed by atoms with Crippen LogP contribution in [0.4, 0.5) is 10.1 Å². The van der Waals surface area contributed by atoms with Gasteiger partial charge in [-0.25, -0.2) is 4.39 Å². The smallest absolute Gasteiger partial charge is 0.241 e. The molecular weight excluding hydrogens is 257 g/mol. The fourth-order valence-electron chi connectivity index (χ4n) is 2.42. The maximum atomic E-state index is 13.8. The summed E-state index contributed by atoms with van der Waals surface area (Å²) >= 11 is 0. The van der Waals surface area contributed by atoms with Crippen molar-refractivity contribution in [3.63, 3.8) is 0 Å². The number of halogens is 1. The first-order valence-corrected chi connectivity index (χ1v) is 6.90. The first-order chi connectivity index (χ1) is 9.43. The summed E-state index contributed by atoms with van der Waals surface area (Å²) in [6.45, 7) is 5.57. The van der Waals surface area contributed by atoms with Crippen LogP contribution in [0, 0.1) is 12.7 Å². The second-order valence-electron chi connectivity index (χ2n) is 5.41. The largest absolute Gasteiger partial charge is 0.360 e. The molecule has 1 aromatic carbocycles. The van der Waals surface area contributed by atoms with Gasteiger partial charge < -0.3 is 15.1 Å². The van der Waals surface area contributed by atoms with Gasteiger partial charge >= 0.3 is 0 Å². The molecule has 1 saturated heterocycles. The van der Waals surface area contributed by atoms with Crippen molar-refractivity contribution in [3.05, 3.63) is 29.1 Å². The van der Waals surface area contributed by atoms with Gasteiger partial charge in [0.05, 0.1) is 6.54 Å². The highest BCUT2D eigenvalue weighted by molar-refractivity contribution is 5.83. The summed E-state index contributed by atoms with van der Waals surface area (Å²) in [6.07, 6.45) is 0. The van der Waals surface area contributed by atoms with E-state index < -0.39 is 0 Å². The van der Waals surface area contributed by atoms with Crippen molar-refractivity contribution in [2.45, 2.75) is 19.9 Å². The first-order valence-electron chi connectivity index (χ1n) is 6.90. The molecule has 0 spiro atoms. The van der Waals surface area contributed by atoms with Gasteiger partial charge in [-0.1, -0.05) is 0 Å². The van der Waals surface area contributed by atoms with Crippen molar-refractivity contribution < 1.29 is 9.18 Å². The van der Waals surface area contributed by atoms with Crippen molar-refractivity contribution >= 4 is 11.6 Å². The predicted octanol–water partition coefficient (Wildman–Crippen LogP) is 1.69. The highest BCUT2D eigenvalue weighted by Crippen LogP contribution is 2.30. The van der Waals surface area contributed by atoms with Crippen molar-refractivity contribution in [2.75, 3.05) is 38.6 Å². The lowest BCUT2D eigenvalue weighted by Crippen LogP contribution is -2.49. The van der Waals surface area contributed by atoms with Crippen LogP contribution < -0.4 is 10.2 Å². The molecule has 1 N–H and O–H groups in total. The van der Waals surface area contributed by atoms with E-state index in [-0.39, 0.29) is 17.8 Å². The molecule has 0 radical (unpaired) electrons. The molecular formula is C15H22FN3O. The lowest BCUT2D eigenvalue weighted by molar-refractivity contribution is -0.129. The summed E-state index contributed by atoms with van der Waals surface area (Å²) in [5.41, 5.74) is 2.46. The standard InChI is InChI=1S/C15H22FN3O/c1-10-7-14(12(8-13(10)16)11(2)17-3)19-6-5-18(4)15(20)9-19/h7-8,11,17H,5-6,9H2,1-4H3. The molecule has 0 aromatic heterocycles. The second-order valence-corrected chi connectivity index (χ2v) is 5.41. The number of likely N-dealkylation sites (N-methyl/N-ethyl adjacent to an activating group) is 1. The highest BCUT2D eigenvalue weighted by atomic mass is 19.1. The summed E-state index contributed by atoms with van der Waals surface area (Å²) in [4.78, 5) is 15.6. The molecule has 1 unspecified atom stereocenters. The van der Waals surface area contributed by atoms with E-state index in [1.165, 1.54) is 0 Å². The third-order valence-electron chi connectivity index (χ3n) is 4.01. The minimum Gasteiger partial charge on any atom is -0.360 e. The number of nitrogens with one attached hydrogen (secondary N) is 1. The third-order valence-corrected chi connectivity index (χ3v) is 4.01. The zero-order valence-corrected chi connectivity index (χ0v) is 12.5. The van der Waals surface area contributed by atoms with Crippen molar-refractivity contribution in [1.82, 2.24) is 10.2 Å². The Balaban J connectivity index is 2.39. The van der Waals surface area contributed by atoms with E-state index in [1.807, 2.05) is 32.0 Å². The van der Waals surface area contributed by atoms with Crippen LogP contribution in [0.5, 0.6) is 0 Å². The summed E-state index contributed by atoms with van der Waals surface area (Å²) in [7, 11) is 3.66. The molecule has 1 aromatic rings. The van der Waals surface area contributed by atoms with Gasteiger partial charge in [0.2, 0.25) is 5.91 Å². The Hall–Kier alpha value is -1.62. The van der Waals surface area contributed by atoms with Crippen LogP contribution in [0.15, 0.2) is 12.1 Å². The average molecular weight is 279 g/mol. The fourth-order valence-corrected chi connectivity index (χ4v) is 2.42. The Morgan fingerprint density at radius 3 is 2.65 bits per heavy atom. The summed E-state index contributed by atoms with van der Waals surface area (Å²) in [6, 6.07) is 3.46. The molecule has 110 valence electrons. The van der Waals surface area contributed by atoms with Crippen molar-refractivity contribution in [1.29, 1.82) is 0 Å². The van der Waals surface area contributed by atoms with Crippen LogP contribution in [-0.2, 0) is 4.79 Å². The minimum atomic E-state index is -0.202. The van der Waals surface area contributed by atoms with Crippen molar-refractivity contribution in [3.8, 4) is 0 Å². The number of nitrogens with zero attached hydrogens (tertiary/aromatic N) is 2. The number of amides is 1. The van der Waals surface area contributed by atoms with Crippen LogP contribution in [0.2, 0.25) is 0 Å². The molecule has 0 bridgehead atoms. The van der Waals surface area contributed by atoms with Crippen LogP contribution in [-0.4, -0.2) is 44.5 Å². The number of rotatable bonds is 3. The molecule has 20 heavy (non-hydrogen) atoms. The number of anilines is 1. The Morgan fingerprint density at radius 2 is 2.05 bits per heavy atom. The van der Waals surface area contributed by atoms with E-state index in [4.69, 9.17) is 0 Å². The van der Waals surface area contributed by atoms with Crippen LogP contribution in [0.3, 0.4) is 0 Å². The number of aryl methyl sites for hydroxylation is 1. The molecule has 1 aliphatic heterocycles. The third kappa shape index (κ3) is 2.77. The monoisotopic (exact) mass is 279 g/mol. The van der Waals surface area contributed by atoms with Crippen LogP contribution in [0.1, 0.15) is 24.1 Å². The Kier molecular flexibility index (Phi) is 4.28. The normalized spacial score (nSPS) is 17.6. The van der Waals surface area contributed by atoms with Gasteiger partial charge in [0.15, 0.2) is 0 Å². The number of carbonyl (C=O) groups is 1. The minimum absolute atomic E-state index is 0.0369. The quantitative estimate of drug-likeness (QED) is 0.914. The maximum absolute atomic E-state index is 13.8.